The van der Waals surface area contributed by atoms with E-state index in [-0.39, 0.29) is 12.0 Å². The summed E-state index contributed by atoms with van der Waals surface area (Å²) in [6.45, 7) is 0. The summed E-state index contributed by atoms with van der Waals surface area (Å²) in [6.07, 6.45) is -15.6. The predicted molar refractivity (Wildman–Crippen MR) is 127 cm³/mol. The van der Waals surface area contributed by atoms with Gasteiger partial charge in [0, 0.05) is 19.0 Å². The van der Waals surface area contributed by atoms with Crippen molar-refractivity contribution in [1.29, 1.82) is 0 Å². The van der Waals surface area contributed by atoms with Gasteiger partial charge in [0.25, 0.3) is 10.1 Å². The SMILES string of the molecule is O=C(OC1C2CC3C1OC(=O)C3C2C(=O)OC(CS(=O)(=O)O)(C(F)(F)F)C(F)(F)F)c1ccc(I)c(I)c1. The lowest BCUT2D eigenvalue weighted by atomic mass is 9.78. The molecule has 2 bridgehead atoms. The van der Waals surface area contributed by atoms with Crippen LogP contribution in [0.5, 0.6) is 0 Å². The second-order valence-corrected chi connectivity index (χ2v) is 12.8. The van der Waals surface area contributed by atoms with Crippen LogP contribution in [0.2, 0.25) is 0 Å². The molecule has 2 saturated carbocycles. The number of hydrogen-bond donors (Lipinski definition) is 1. The maximum Gasteiger partial charge on any atom is 0.438 e. The molecule has 1 aromatic rings. The van der Waals surface area contributed by atoms with Gasteiger partial charge in [-0.1, -0.05) is 0 Å². The van der Waals surface area contributed by atoms with Gasteiger partial charge in [0.1, 0.15) is 18.0 Å². The third-order valence-electron chi connectivity index (χ3n) is 6.79. The third-order valence-corrected chi connectivity index (χ3v) is 10.4. The summed E-state index contributed by atoms with van der Waals surface area (Å²) in [7, 11) is -5.99. The van der Waals surface area contributed by atoms with Gasteiger partial charge in [0.05, 0.1) is 17.4 Å². The van der Waals surface area contributed by atoms with Gasteiger partial charge in [0.15, 0.2) is 0 Å². The van der Waals surface area contributed by atoms with Gasteiger partial charge in [-0.15, -0.1) is 0 Å². The summed E-state index contributed by atoms with van der Waals surface area (Å²) in [5, 5.41) is 0. The zero-order valence-corrected chi connectivity index (χ0v) is 23.4. The molecule has 1 N–H and O–H groups in total. The lowest BCUT2D eigenvalue weighted by Crippen LogP contribution is -2.64. The van der Waals surface area contributed by atoms with Crippen molar-refractivity contribution in [3.05, 3.63) is 30.9 Å². The Morgan fingerprint density at radius 3 is 2.18 bits per heavy atom. The Labute approximate surface area is 236 Å². The molecule has 1 saturated heterocycles. The van der Waals surface area contributed by atoms with E-state index in [1.807, 2.05) is 45.2 Å². The van der Waals surface area contributed by atoms with Crippen LogP contribution in [0.4, 0.5) is 26.3 Å². The Morgan fingerprint density at radius 2 is 1.66 bits per heavy atom. The van der Waals surface area contributed by atoms with E-state index in [0.717, 1.165) is 3.57 Å². The number of rotatable bonds is 6. The van der Waals surface area contributed by atoms with Crippen LogP contribution in [0, 0.1) is 30.8 Å². The van der Waals surface area contributed by atoms with Crippen LogP contribution in [0.15, 0.2) is 18.2 Å². The molecule has 3 aliphatic rings. The van der Waals surface area contributed by atoms with Gasteiger partial charge < -0.3 is 14.2 Å². The van der Waals surface area contributed by atoms with Crippen LogP contribution in [0.3, 0.4) is 0 Å². The average molecular weight is 798 g/mol. The first-order valence-corrected chi connectivity index (χ1v) is 14.2. The Balaban J connectivity index is 1.66. The van der Waals surface area contributed by atoms with Gasteiger partial charge in [-0.05, 0) is 69.8 Å². The largest absolute Gasteiger partial charge is 0.458 e. The molecular weight excluding hydrogens is 784 g/mol. The maximum atomic E-state index is 13.7. The van der Waals surface area contributed by atoms with Crippen LogP contribution >= 0.6 is 45.2 Å². The van der Waals surface area contributed by atoms with Crippen LogP contribution < -0.4 is 0 Å². The minimum atomic E-state index is -6.53. The minimum Gasteiger partial charge on any atom is -0.458 e. The van der Waals surface area contributed by atoms with Crippen molar-refractivity contribution in [3.8, 4) is 0 Å². The van der Waals surface area contributed by atoms with E-state index in [1.165, 1.54) is 12.1 Å². The molecule has 9 nitrogen and oxygen atoms in total. The first-order valence-electron chi connectivity index (χ1n) is 10.5. The molecule has 210 valence electrons. The number of alkyl halides is 6. The van der Waals surface area contributed by atoms with E-state index in [0.29, 0.717) is 3.57 Å². The standard InChI is InChI=1S/C20H14F6I2O9S/c21-19(22,23)18(20(24,25)26,5-38(32,33)34)37-17(31)12-8-4-7-11(12)16(30)36-14(7)13(8)35-15(29)6-1-2-9(27)10(28)3-6/h1-3,7-8,11-14H,4-5H2,(H,32,33,34). The van der Waals surface area contributed by atoms with Crippen LogP contribution in [0.25, 0.3) is 0 Å². The summed E-state index contributed by atoms with van der Waals surface area (Å²) in [6, 6.07) is 4.46. The molecular formula is C20H14F6I2O9S. The first kappa shape index (κ1) is 29.6. The summed E-state index contributed by atoms with van der Waals surface area (Å²) in [5.41, 5.74) is -5.57. The zero-order chi connectivity index (χ0) is 28.6. The fourth-order valence-electron chi connectivity index (χ4n) is 5.25. The Kier molecular flexibility index (Phi) is 7.47. The number of ether oxygens (including phenoxy) is 3. The van der Waals surface area contributed by atoms with Crippen molar-refractivity contribution in [1.82, 2.24) is 0 Å². The molecule has 3 fully saturated rings. The molecule has 1 aliphatic heterocycles. The fourth-order valence-corrected chi connectivity index (χ4v) is 7.00. The Morgan fingerprint density at radius 1 is 1.05 bits per heavy atom. The van der Waals surface area contributed by atoms with Crippen LogP contribution in [-0.2, 0) is 33.9 Å². The van der Waals surface area contributed by atoms with Crippen molar-refractivity contribution in [2.45, 2.75) is 36.6 Å². The molecule has 0 aromatic heterocycles. The monoisotopic (exact) mass is 798 g/mol. The van der Waals surface area contributed by atoms with E-state index >= 15 is 0 Å². The van der Waals surface area contributed by atoms with Crippen LogP contribution in [0.1, 0.15) is 16.8 Å². The zero-order valence-electron chi connectivity index (χ0n) is 18.3. The van der Waals surface area contributed by atoms with Crippen molar-refractivity contribution < 1.29 is 67.9 Å². The van der Waals surface area contributed by atoms with Gasteiger partial charge >= 0.3 is 35.9 Å². The van der Waals surface area contributed by atoms with Crippen molar-refractivity contribution in [2.75, 3.05) is 5.75 Å². The van der Waals surface area contributed by atoms with Crippen molar-refractivity contribution in [2.24, 2.45) is 23.7 Å². The van der Waals surface area contributed by atoms with E-state index in [9.17, 15) is 49.1 Å². The van der Waals surface area contributed by atoms with E-state index in [1.54, 1.807) is 6.07 Å². The van der Waals surface area contributed by atoms with E-state index in [4.69, 9.17) is 14.0 Å². The lowest BCUT2D eigenvalue weighted by Gasteiger charge is -2.38. The summed E-state index contributed by atoms with van der Waals surface area (Å²) >= 11 is 3.95. The molecule has 18 heteroatoms. The predicted octanol–water partition coefficient (Wildman–Crippen LogP) is 3.52. The Bertz CT molecular complexity index is 1280. The topological polar surface area (TPSA) is 133 Å². The first-order chi connectivity index (χ1) is 17.3. The molecule has 0 amide bonds. The highest BCUT2D eigenvalue weighted by atomic mass is 127. The molecule has 1 aromatic carbocycles. The van der Waals surface area contributed by atoms with Crippen molar-refractivity contribution in [3.63, 3.8) is 0 Å². The molecule has 6 atom stereocenters. The lowest BCUT2D eigenvalue weighted by molar-refractivity contribution is -0.362. The number of carbonyl (C=O) groups is 3. The number of carbonyl (C=O) groups excluding carboxylic acids is 3. The normalized spacial score (nSPS) is 28.8. The minimum absolute atomic E-state index is 0.0545. The summed E-state index contributed by atoms with van der Waals surface area (Å²) in [5.74, 6) is -12.9. The number of benzene rings is 1. The molecule has 4 rings (SSSR count). The average Bonchev–Trinajstić information content (AvgIpc) is 3.36. The maximum absolute atomic E-state index is 13.7. The molecule has 0 radical (unpaired) electrons. The number of halogens is 8. The van der Waals surface area contributed by atoms with Crippen molar-refractivity contribution >= 4 is 73.2 Å². The highest BCUT2D eigenvalue weighted by Gasteiger charge is 2.77. The van der Waals surface area contributed by atoms with Gasteiger partial charge in [-0.25, -0.2) is 4.79 Å². The quantitative estimate of drug-likeness (QED) is 0.151. The second-order valence-electron chi connectivity index (χ2n) is 8.99. The van der Waals surface area contributed by atoms with Gasteiger partial charge in [-0.2, -0.15) is 34.8 Å². The summed E-state index contributed by atoms with van der Waals surface area (Å²) in [4.78, 5) is 38.1. The molecule has 6 unspecified atom stereocenters. The fraction of sp³-hybridized carbons (Fsp3) is 0.550. The van der Waals surface area contributed by atoms with Gasteiger partial charge in [-0.3, -0.25) is 14.1 Å². The number of esters is 3. The molecule has 0 spiro atoms. The third kappa shape index (κ3) is 4.97. The highest BCUT2D eigenvalue weighted by Crippen LogP contribution is 2.60. The number of fused-ring (bicyclic) bond motifs is 1. The van der Waals surface area contributed by atoms with E-state index < -0.39 is 87.6 Å². The Hall–Kier alpha value is -1.42. The number of hydrogen-bond acceptors (Lipinski definition) is 8. The highest BCUT2D eigenvalue weighted by molar-refractivity contribution is 14.1. The molecule has 38 heavy (non-hydrogen) atoms. The molecule has 1 heterocycles. The van der Waals surface area contributed by atoms with E-state index in [2.05, 4.69) is 4.74 Å². The second kappa shape index (κ2) is 9.60. The van der Waals surface area contributed by atoms with Gasteiger partial charge in [0.2, 0.25) is 0 Å². The summed E-state index contributed by atoms with van der Waals surface area (Å²) < 4.78 is 129. The van der Waals surface area contributed by atoms with Crippen LogP contribution in [-0.4, -0.2) is 66.8 Å². The molecule has 2 aliphatic carbocycles. The smallest absolute Gasteiger partial charge is 0.438 e.